The summed E-state index contributed by atoms with van der Waals surface area (Å²) in [6.45, 7) is 6.93. The molecule has 11 heavy (non-hydrogen) atoms. The maximum atomic E-state index is 2.52. The van der Waals surface area contributed by atoms with Gasteiger partial charge in [0.25, 0.3) is 0 Å². The minimum atomic E-state index is 0.713. The zero-order valence-electron chi connectivity index (χ0n) is 8.30. The van der Waals surface area contributed by atoms with Crippen molar-refractivity contribution in [3.05, 3.63) is 0 Å². The maximum Gasteiger partial charge on any atom is 0.00975 e. The summed E-state index contributed by atoms with van der Waals surface area (Å²) in [6.07, 6.45) is 4.26. The van der Waals surface area contributed by atoms with E-state index in [4.69, 9.17) is 0 Å². The quantitative estimate of drug-likeness (QED) is 0.592. The molecule has 0 aromatic heterocycles. The molecule has 0 bridgehead atoms. The van der Waals surface area contributed by atoms with E-state index in [-0.39, 0.29) is 0 Å². The molecule has 0 N–H and O–H groups in total. The smallest absolute Gasteiger partial charge is 0.00975 e. The van der Waals surface area contributed by atoms with Crippen molar-refractivity contribution in [2.24, 2.45) is 5.92 Å². The molecular formula is C10H21N. The Kier molecular flexibility index (Phi) is 2.94. The summed E-state index contributed by atoms with van der Waals surface area (Å²) in [5.41, 5.74) is 0. The van der Waals surface area contributed by atoms with Crippen LogP contribution in [0.15, 0.2) is 0 Å². The molecule has 0 aromatic rings. The number of rotatable bonds is 2. The van der Waals surface area contributed by atoms with Crippen LogP contribution in [0.3, 0.4) is 0 Å². The highest BCUT2D eigenvalue weighted by atomic mass is 15.1. The van der Waals surface area contributed by atoms with E-state index in [1.54, 1.807) is 0 Å². The summed E-state index contributed by atoms with van der Waals surface area (Å²) in [7, 11) is 2.26. The zero-order chi connectivity index (χ0) is 8.43. The molecule has 0 radical (unpaired) electrons. The predicted molar refractivity (Wildman–Crippen MR) is 49.7 cm³/mol. The van der Waals surface area contributed by atoms with Gasteiger partial charge < -0.3 is 4.90 Å². The van der Waals surface area contributed by atoms with Crippen molar-refractivity contribution in [3.63, 3.8) is 0 Å². The first-order valence-corrected chi connectivity index (χ1v) is 4.83. The van der Waals surface area contributed by atoms with Gasteiger partial charge in [0.15, 0.2) is 0 Å². The second-order valence-corrected chi connectivity index (χ2v) is 4.33. The van der Waals surface area contributed by atoms with Crippen LogP contribution in [0.4, 0.5) is 0 Å². The fraction of sp³-hybridized carbons (Fsp3) is 1.00. The van der Waals surface area contributed by atoms with Crippen LogP contribution in [-0.2, 0) is 0 Å². The molecule has 0 aromatic carbocycles. The number of hydrogen-bond donors (Lipinski definition) is 0. The van der Waals surface area contributed by atoms with E-state index in [1.807, 2.05) is 0 Å². The van der Waals surface area contributed by atoms with Crippen molar-refractivity contribution in [2.45, 2.75) is 52.1 Å². The predicted octanol–water partition coefficient (Wildman–Crippen LogP) is 2.52. The largest absolute Gasteiger partial charge is 0.301 e. The molecule has 1 saturated carbocycles. The van der Waals surface area contributed by atoms with Gasteiger partial charge in [-0.2, -0.15) is 0 Å². The van der Waals surface area contributed by atoms with Crippen molar-refractivity contribution in [2.75, 3.05) is 7.05 Å². The lowest BCUT2D eigenvalue weighted by Crippen LogP contribution is -2.35. The first kappa shape index (κ1) is 9.05. The highest BCUT2D eigenvalue weighted by molar-refractivity contribution is 4.80. The first-order valence-electron chi connectivity index (χ1n) is 4.83. The van der Waals surface area contributed by atoms with Gasteiger partial charge in [0, 0.05) is 12.1 Å². The average molecular weight is 155 g/mol. The molecule has 0 amide bonds. The topological polar surface area (TPSA) is 3.24 Å². The summed E-state index contributed by atoms with van der Waals surface area (Å²) in [5, 5.41) is 0. The molecule has 1 aliphatic rings. The van der Waals surface area contributed by atoms with Crippen LogP contribution in [0.1, 0.15) is 40.0 Å². The summed E-state index contributed by atoms with van der Waals surface area (Å²) in [6, 6.07) is 1.58. The van der Waals surface area contributed by atoms with Crippen LogP contribution in [0.5, 0.6) is 0 Å². The maximum absolute atomic E-state index is 2.52. The lowest BCUT2D eigenvalue weighted by atomic mass is 10.1. The third kappa shape index (κ3) is 2.19. The van der Waals surface area contributed by atoms with Crippen LogP contribution in [0.25, 0.3) is 0 Å². The third-order valence-electron chi connectivity index (χ3n) is 3.06. The Bertz CT molecular complexity index is 120. The second-order valence-electron chi connectivity index (χ2n) is 4.33. The van der Waals surface area contributed by atoms with Gasteiger partial charge in [-0.05, 0) is 46.1 Å². The molecule has 1 aliphatic carbocycles. The van der Waals surface area contributed by atoms with Crippen LogP contribution >= 0.6 is 0 Å². The van der Waals surface area contributed by atoms with Gasteiger partial charge in [-0.25, -0.2) is 0 Å². The Labute approximate surface area is 70.8 Å². The number of nitrogens with zero attached hydrogens (tertiary/aromatic N) is 1. The fourth-order valence-electron chi connectivity index (χ4n) is 1.97. The van der Waals surface area contributed by atoms with E-state index >= 15 is 0 Å². The Balaban J connectivity index is 2.36. The molecule has 1 rings (SSSR count). The van der Waals surface area contributed by atoms with Gasteiger partial charge in [-0.15, -0.1) is 0 Å². The highest BCUT2D eigenvalue weighted by Gasteiger charge is 2.25. The average Bonchev–Trinajstić information content (AvgIpc) is 2.34. The van der Waals surface area contributed by atoms with Gasteiger partial charge in [0.05, 0.1) is 0 Å². The highest BCUT2D eigenvalue weighted by Crippen LogP contribution is 2.28. The van der Waals surface area contributed by atoms with E-state index < -0.39 is 0 Å². The first-order chi connectivity index (χ1) is 5.11. The molecule has 0 aliphatic heterocycles. The number of hydrogen-bond acceptors (Lipinski definition) is 1. The van der Waals surface area contributed by atoms with E-state index in [2.05, 4.69) is 32.7 Å². The monoisotopic (exact) mass is 155 g/mol. The van der Waals surface area contributed by atoms with Crippen LogP contribution in [0, 0.1) is 5.92 Å². The molecule has 0 saturated heterocycles. The van der Waals surface area contributed by atoms with E-state index in [1.165, 1.54) is 19.3 Å². The third-order valence-corrected chi connectivity index (χ3v) is 3.06. The Morgan fingerprint density at radius 1 is 1.27 bits per heavy atom. The van der Waals surface area contributed by atoms with Crippen molar-refractivity contribution in [3.8, 4) is 0 Å². The molecule has 1 heteroatoms. The van der Waals surface area contributed by atoms with Crippen LogP contribution in [0.2, 0.25) is 0 Å². The van der Waals surface area contributed by atoms with E-state index in [0.717, 1.165) is 12.0 Å². The van der Waals surface area contributed by atoms with Crippen molar-refractivity contribution in [1.82, 2.24) is 4.90 Å². The van der Waals surface area contributed by atoms with Crippen LogP contribution < -0.4 is 0 Å². The standard InChI is InChI=1S/C10H21N/c1-8(2)11(4)10-6-5-9(3)7-10/h8-10H,5-7H2,1-4H3. The Morgan fingerprint density at radius 2 is 1.91 bits per heavy atom. The molecule has 0 heterocycles. The molecule has 1 fully saturated rings. The second kappa shape index (κ2) is 3.57. The van der Waals surface area contributed by atoms with Gasteiger partial charge >= 0.3 is 0 Å². The molecular weight excluding hydrogens is 134 g/mol. The van der Waals surface area contributed by atoms with E-state index in [0.29, 0.717) is 6.04 Å². The zero-order valence-corrected chi connectivity index (χ0v) is 8.30. The fourth-order valence-corrected chi connectivity index (χ4v) is 1.97. The van der Waals surface area contributed by atoms with Gasteiger partial charge in [-0.3, -0.25) is 0 Å². The normalized spacial score (nSPS) is 32.2. The van der Waals surface area contributed by atoms with Gasteiger partial charge in [-0.1, -0.05) is 6.92 Å². The summed E-state index contributed by atoms with van der Waals surface area (Å²) in [5.74, 6) is 0.959. The minimum absolute atomic E-state index is 0.713. The summed E-state index contributed by atoms with van der Waals surface area (Å²) < 4.78 is 0. The Hall–Kier alpha value is -0.0400. The Morgan fingerprint density at radius 3 is 2.27 bits per heavy atom. The molecule has 1 nitrogen and oxygen atoms in total. The summed E-state index contributed by atoms with van der Waals surface area (Å²) in [4.78, 5) is 2.52. The van der Waals surface area contributed by atoms with E-state index in [9.17, 15) is 0 Å². The lowest BCUT2D eigenvalue weighted by molar-refractivity contribution is 0.195. The van der Waals surface area contributed by atoms with Gasteiger partial charge in [0.2, 0.25) is 0 Å². The van der Waals surface area contributed by atoms with Gasteiger partial charge in [0.1, 0.15) is 0 Å². The molecule has 66 valence electrons. The van der Waals surface area contributed by atoms with Crippen molar-refractivity contribution < 1.29 is 0 Å². The van der Waals surface area contributed by atoms with Crippen molar-refractivity contribution in [1.29, 1.82) is 0 Å². The molecule has 0 spiro atoms. The summed E-state index contributed by atoms with van der Waals surface area (Å²) >= 11 is 0. The lowest BCUT2D eigenvalue weighted by Gasteiger charge is -2.28. The molecule has 2 unspecified atom stereocenters. The molecule has 2 atom stereocenters. The van der Waals surface area contributed by atoms with Crippen molar-refractivity contribution >= 4 is 0 Å². The SMILES string of the molecule is CC1CCC(N(C)C(C)C)C1. The minimum Gasteiger partial charge on any atom is -0.301 e. The van der Waals surface area contributed by atoms with Crippen LogP contribution in [-0.4, -0.2) is 24.0 Å².